The zero-order valence-corrected chi connectivity index (χ0v) is 13.4. The van der Waals surface area contributed by atoms with Gasteiger partial charge in [0.25, 0.3) is 0 Å². The van der Waals surface area contributed by atoms with E-state index in [0.717, 1.165) is 30.4 Å². The molecule has 0 aliphatic heterocycles. The second kappa shape index (κ2) is 6.30. The van der Waals surface area contributed by atoms with Crippen molar-refractivity contribution in [3.63, 3.8) is 0 Å². The SMILES string of the molecule is Cc1ccc(/C=C/S(=O)(=O)NC2CCCC2(C)CO)cc1. The van der Waals surface area contributed by atoms with Gasteiger partial charge in [-0.3, -0.25) is 0 Å². The van der Waals surface area contributed by atoms with Gasteiger partial charge in [0.05, 0.1) is 0 Å². The summed E-state index contributed by atoms with van der Waals surface area (Å²) in [6.07, 6.45) is 4.14. The number of sulfonamides is 1. The van der Waals surface area contributed by atoms with Gasteiger partial charge >= 0.3 is 0 Å². The summed E-state index contributed by atoms with van der Waals surface area (Å²) in [5.41, 5.74) is 1.63. The molecule has 1 aromatic rings. The molecular formula is C16H23NO3S. The third-order valence-corrected chi connectivity index (χ3v) is 5.37. The molecule has 116 valence electrons. The van der Waals surface area contributed by atoms with Crippen LogP contribution in [-0.2, 0) is 10.0 Å². The number of hydrogen-bond donors (Lipinski definition) is 2. The Labute approximate surface area is 126 Å². The number of nitrogens with one attached hydrogen (secondary N) is 1. The van der Waals surface area contributed by atoms with Crippen molar-refractivity contribution in [3.05, 3.63) is 40.8 Å². The van der Waals surface area contributed by atoms with E-state index in [0.29, 0.717) is 0 Å². The number of aliphatic hydroxyl groups is 1. The van der Waals surface area contributed by atoms with Crippen molar-refractivity contribution in [1.29, 1.82) is 0 Å². The summed E-state index contributed by atoms with van der Waals surface area (Å²) in [5, 5.41) is 10.7. The third kappa shape index (κ3) is 4.15. The molecular weight excluding hydrogens is 286 g/mol. The quantitative estimate of drug-likeness (QED) is 0.878. The number of aliphatic hydroxyl groups excluding tert-OH is 1. The van der Waals surface area contributed by atoms with Gasteiger partial charge in [0.15, 0.2) is 0 Å². The molecule has 21 heavy (non-hydrogen) atoms. The first-order valence-electron chi connectivity index (χ1n) is 7.23. The Balaban J connectivity index is 2.07. The van der Waals surface area contributed by atoms with Crippen molar-refractivity contribution >= 4 is 16.1 Å². The van der Waals surface area contributed by atoms with Crippen molar-refractivity contribution in [2.75, 3.05) is 6.61 Å². The molecule has 0 saturated heterocycles. The molecule has 1 saturated carbocycles. The summed E-state index contributed by atoms with van der Waals surface area (Å²) in [6.45, 7) is 3.92. The van der Waals surface area contributed by atoms with Crippen LogP contribution in [0, 0.1) is 12.3 Å². The number of rotatable bonds is 5. The Morgan fingerprint density at radius 3 is 2.67 bits per heavy atom. The average molecular weight is 309 g/mol. The van der Waals surface area contributed by atoms with Crippen LogP contribution < -0.4 is 4.72 Å². The molecule has 2 rings (SSSR count). The lowest BCUT2D eigenvalue weighted by Crippen LogP contribution is -2.44. The average Bonchev–Trinajstić information content (AvgIpc) is 2.80. The van der Waals surface area contributed by atoms with Crippen LogP contribution >= 0.6 is 0 Å². The standard InChI is InChI=1S/C16H23NO3S/c1-13-5-7-14(8-6-13)9-11-21(19,20)17-15-4-3-10-16(15,2)12-18/h5-9,11,15,17-18H,3-4,10,12H2,1-2H3/b11-9+. The van der Waals surface area contributed by atoms with E-state index in [9.17, 15) is 13.5 Å². The van der Waals surface area contributed by atoms with E-state index in [1.165, 1.54) is 5.41 Å². The van der Waals surface area contributed by atoms with Gasteiger partial charge in [-0.15, -0.1) is 0 Å². The lowest BCUT2D eigenvalue weighted by molar-refractivity contribution is 0.127. The molecule has 1 fully saturated rings. The molecule has 2 atom stereocenters. The van der Waals surface area contributed by atoms with Gasteiger partial charge in [-0.05, 0) is 31.4 Å². The van der Waals surface area contributed by atoms with Crippen LogP contribution in [0.3, 0.4) is 0 Å². The predicted molar refractivity (Wildman–Crippen MR) is 85.1 cm³/mol. The molecule has 2 unspecified atom stereocenters. The van der Waals surface area contributed by atoms with Gasteiger partial charge < -0.3 is 5.11 Å². The molecule has 1 aliphatic carbocycles. The maximum absolute atomic E-state index is 12.2. The third-order valence-electron chi connectivity index (χ3n) is 4.27. The van der Waals surface area contributed by atoms with Crippen LogP contribution in [0.5, 0.6) is 0 Å². The van der Waals surface area contributed by atoms with Gasteiger partial charge in [0.1, 0.15) is 0 Å². The highest BCUT2D eigenvalue weighted by Gasteiger charge is 2.39. The van der Waals surface area contributed by atoms with E-state index in [1.54, 1.807) is 6.08 Å². The Morgan fingerprint density at radius 1 is 1.38 bits per heavy atom. The smallest absolute Gasteiger partial charge is 0.233 e. The first-order valence-corrected chi connectivity index (χ1v) is 8.77. The monoisotopic (exact) mass is 309 g/mol. The number of aryl methyl sites for hydroxylation is 1. The van der Waals surface area contributed by atoms with E-state index in [2.05, 4.69) is 4.72 Å². The predicted octanol–water partition coefficient (Wildman–Crippen LogP) is 2.44. The van der Waals surface area contributed by atoms with Gasteiger partial charge in [-0.25, -0.2) is 13.1 Å². The highest BCUT2D eigenvalue weighted by molar-refractivity contribution is 7.92. The Kier molecular flexibility index (Phi) is 4.86. The van der Waals surface area contributed by atoms with Crippen LogP contribution in [0.15, 0.2) is 29.7 Å². The van der Waals surface area contributed by atoms with Crippen LogP contribution in [0.2, 0.25) is 0 Å². The van der Waals surface area contributed by atoms with Crippen LogP contribution in [0.25, 0.3) is 6.08 Å². The minimum atomic E-state index is -3.50. The molecule has 1 aliphatic rings. The van der Waals surface area contributed by atoms with Crippen molar-refractivity contribution in [1.82, 2.24) is 4.72 Å². The first kappa shape index (κ1) is 16.2. The van der Waals surface area contributed by atoms with Crippen molar-refractivity contribution in [3.8, 4) is 0 Å². The molecule has 0 spiro atoms. The molecule has 2 N–H and O–H groups in total. The van der Waals surface area contributed by atoms with Gasteiger partial charge in [0.2, 0.25) is 10.0 Å². The maximum atomic E-state index is 12.2. The zero-order chi connectivity index (χ0) is 15.5. The number of hydrogen-bond acceptors (Lipinski definition) is 3. The normalized spacial score (nSPS) is 26.5. The lowest BCUT2D eigenvalue weighted by atomic mass is 9.86. The van der Waals surface area contributed by atoms with Crippen LogP contribution in [-0.4, -0.2) is 26.2 Å². The van der Waals surface area contributed by atoms with Gasteiger partial charge in [0, 0.05) is 23.5 Å². The summed E-state index contributed by atoms with van der Waals surface area (Å²) in [7, 11) is -3.50. The minimum absolute atomic E-state index is 0.00185. The zero-order valence-electron chi connectivity index (χ0n) is 12.5. The maximum Gasteiger partial charge on any atom is 0.233 e. The van der Waals surface area contributed by atoms with Gasteiger partial charge in [-0.2, -0.15) is 0 Å². The minimum Gasteiger partial charge on any atom is -0.396 e. The largest absolute Gasteiger partial charge is 0.396 e. The summed E-state index contributed by atoms with van der Waals surface area (Å²) in [4.78, 5) is 0. The first-order chi connectivity index (χ1) is 9.85. The number of benzene rings is 1. The van der Waals surface area contributed by atoms with Gasteiger partial charge in [-0.1, -0.05) is 43.2 Å². The fraction of sp³-hybridized carbons (Fsp3) is 0.500. The van der Waals surface area contributed by atoms with Crippen molar-refractivity contribution in [2.24, 2.45) is 5.41 Å². The molecule has 5 heteroatoms. The lowest BCUT2D eigenvalue weighted by Gasteiger charge is -2.29. The van der Waals surface area contributed by atoms with Crippen LogP contribution in [0.1, 0.15) is 37.3 Å². The van der Waals surface area contributed by atoms with E-state index < -0.39 is 10.0 Å². The molecule has 0 aromatic heterocycles. The molecule has 0 radical (unpaired) electrons. The fourth-order valence-electron chi connectivity index (χ4n) is 2.71. The van der Waals surface area contributed by atoms with Crippen molar-refractivity contribution < 1.29 is 13.5 Å². The molecule has 0 heterocycles. The molecule has 1 aromatic carbocycles. The second-order valence-electron chi connectivity index (χ2n) is 6.13. The summed E-state index contributed by atoms with van der Waals surface area (Å²) < 4.78 is 27.0. The molecule has 0 amide bonds. The Hall–Kier alpha value is -1.17. The highest BCUT2D eigenvalue weighted by Crippen LogP contribution is 2.37. The molecule has 4 nitrogen and oxygen atoms in total. The summed E-state index contributed by atoms with van der Waals surface area (Å²) in [5.74, 6) is 0. The fourth-order valence-corrected chi connectivity index (χ4v) is 3.92. The summed E-state index contributed by atoms with van der Waals surface area (Å²) in [6, 6.07) is 7.46. The topological polar surface area (TPSA) is 66.4 Å². The second-order valence-corrected chi connectivity index (χ2v) is 7.73. The molecule has 0 bridgehead atoms. The van der Waals surface area contributed by atoms with Crippen LogP contribution in [0.4, 0.5) is 0 Å². The Morgan fingerprint density at radius 2 is 2.05 bits per heavy atom. The Bertz CT molecular complexity index is 607. The van der Waals surface area contributed by atoms with E-state index in [1.807, 2.05) is 38.1 Å². The highest BCUT2D eigenvalue weighted by atomic mass is 32.2. The van der Waals surface area contributed by atoms with E-state index >= 15 is 0 Å². The van der Waals surface area contributed by atoms with Crippen molar-refractivity contribution in [2.45, 2.75) is 39.2 Å². The summed E-state index contributed by atoms with van der Waals surface area (Å²) >= 11 is 0. The van der Waals surface area contributed by atoms with E-state index in [4.69, 9.17) is 0 Å². The van der Waals surface area contributed by atoms with E-state index in [-0.39, 0.29) is 18.1 Å².